The molecule has 5 aliphatic heterocycles. The molecule has 15 nitrogen and oxygen atoms in total. The zero-order valence-corrected chi connectivity index (χ0v) is 40.7. The molecule has 1 spiro atoms. The maximum absolute atomic E-state index is 14.8. The Labute approximate surface area is 399 Å². The molecule has 2 aromatic carbocycles. The van der Waals surface area contributed by atoms with E-state index < -0.39 is 46.7 Å². The number of benzene rings is 2. The van der Waals surface area contributed by atoms with Gasteiger partial charge in [0.2, 0.25) is 17.7 Å². The van der Waals surface area contributed by atoms with Gasteiger partial charge in [-0.3, -0.25) is 34.0 Å². The van der Waals surface area contributed by atoms with Crippen molar-refractivity contribution in [3.05, 3.63) is 71.5 Å². The van der Waals surface area contributed by atoms with Gasteiger partial charge in [0, 0.05) is 73.8 Å². The number of hydrogen-bond acceptors (Lipinski definition) is 10. The molecule has 0 aliphatic carbocycles. The molecule has 4 saturated heterocycles. The molecule has 0 radical (unpaired) electrons. The van der Waals surface area contributed by atoms with E-state index in [0.717, 1.165) is 44.5 Å². The number of hydrazine groups is 1. The number of cyclic esters (lactones) is 1. The summed E-state index contributed by atoms with van der Waals surface area (Å²) in [5.41, 5.74) is 9.41. The normalized spacial score (nSPS) is 24.7. The van der Waals surface area contributed by atoms with Gasteiger partial charge in [0.15, 0.2) is 0 Å². The Hall–Kier alpha value is -5.80. The van der Waals surface area contributed by atoms with Crippen molar-refractivity contribution in [3.8, 4) is 28.1 Å². The molecule has 2 aromatic heterocycles. The SMILES string of the molecule is CCn1c(-c2cccnc2C(C)C)c2c3cc(ccc31)-c1cc(O)cc(c1)C[C@H](NC(=O)[C@H](C(C)C)N1CC[C@]3(CCCN(C(=O)[C@@H]4CN4)C3)C1=O)C(=O)N1CCC[C@H](N1)C(=O)OCC(C)(C)C2. The van der Waals surface area contributed by atoms with Crippen LogP contribution < -0.4 is 16.1 Å². The maximum atomic E-state index is 14.8. The number of aromatic nitrogens is 2. The lowest BCUT2D eigenvalue weighted by atomic mass is 9.78. The van der Waals surface area contributed by atoms with Gasteiger partial charge in [0.25, 0.3) is 5.91 Å². The predicted molar refractivity (Wildman–Crippen MR) is 259 cm³/mol. The third-order valence-corrected chi connectivity index (χ3v) is 14.9. The smallest absolute Gasteiger partial charge is 0.324 e. The van der Waals surface area contributed by atoms with E-state index in [2.05, 4.69) is 79.5 Å². The number of amides is 4. The number of carbonyl (C=O) groups is 5. The minimum absolute atomic E-state index is 0.0130. The number of phenols is 1. The number of piperidine rings is 1. The third kappa shape index (κ3) is 9.11. The number of phenolic OH excluding ortho intramolecular Hbond substituents is 1. The Balaban J connectivity index is 1.09. The van der Waals surface area contributed by atoms with Gasteiger partial charge in [-0.2, -0.15) is 0 Å². The average Bonchev–Trinajstić information content (AvgIpc) is 4.07. The Bertz CT molecular complexity index is 2640. The van der Waals surface area contributed by atoms with Crippen LogP contribution in [0.4, 0.5) is 0 Å². The van der Waals surface area contributed by atoms with Crippen molar-refractivity contribution in [2.24, 2.45) is 16.7 Å². The van der Waals surface area contributed by atoms with E-state index in [4.69, 9.17) is 9.72 Å². The quantitative estimate of drug-likeness (QED) is 0.126. The second-order valence-electron chi connectivity index (χ2n) is 21.4. The largest absolute Gasteiger partial charge is 0.508 e. The second-order valence-corrected chi connectivity index (χ2v) is 21.4. The highest BCUT2D eigenvalue weighted by molar-refractivity contribution is 5.97. The van der Waals surface area contributed by atoms with Gasteiger partial charge in [-0.15, -0.1) is 0 Å². The number of rotatable bonds is 8. The highest BCUT2D eigenvalue weighted by Gasteiger charge is 2.53. The number of nitrogens with zero attached hydrogens (tertiary/aromatic N) is 5. The average molecular weight is 929 g/mol. The van der Waals surface area contributed by atoms with Gasteiger partial charge < -0.3 is 34.8 Å². The number of ether oxygens (including phenoxy) is 1. The number of carbonyl (C=O) groups excluding carboxylic acids is 5. The zero-order chi connectivity index (χ0) is 48.2. The molecule has 68 heavy (non-hydrogen) atoms. The first-order chi connectivity index (χ1) is 32.5. The third-order valence-electron chi connectivity index (χ3n) is 14.9. The first-order valence-corrected chi connectivity index (χ1v) is 24.8. The standard InChI is InChI=1S/C53H68N8O7/c1-8-59-43-15-14-34-26-38(43)39(46(59)37-12-9-18-54-44(37)31(2)3)27-52(6,7)30-68-50(66)40-13-10-20-61(57-40)49(65)41(24-33-22-35(34)25-36(62)23-33)56-47(63)45(32(4)5)60-21-17-53(51(60)67)16-11-19-58(29-53)48(64)42-28-55-42/h9,12,14-15,18,22-23,25-26,31-32,40-42,45,55,57,62H,8,10-11,13,16-17,19-21,24,27-30H2,1-7H3,(H,56,63)/t40-,41-,42-,45-,53-/m0/s1. The van der Waals surface area contributed by atoms with Crippen LogP contribution in [0.2, 0.25) is 0 Å². The van der Waals surface area contributed by atoms with Crippen LogP contribution in [0.3, 0.4) is 0 Å². The number of nitrogens with one attached hydrogen (secondary N) is 3. The molecule has 5 aliphatic rings. The van der Waals surface area contributed by atoms with Gasteiger partial charge in [-0.25, -0.2) is 5.43 Å². The topological polar surface area (TPSA) is 188 Å². The predicted octanol–water partition coefficient (Wildman–Crippen LogP) is 5.71. The molecule has 4 aromatic rings. The van der Waals surface area contributed by atoms with Crippen LogP contribution in [0.25, 0.3) is 33.3 Å². The van der Waals surface area contributed by atoms with Crippen LogP contribution in [-0.4, -0.2) is 123 Å². The van der Waals surface area contributed by atoms with Crippen molar-refractivity contribution >= 4 is 40.5 Å². The van der Waals surface area contributed by atoms with Gasteiger partial charge in [0.05, 0.1) is 29.5 Å². The molecule has 362 valence electrons. The van der Waals surface area contributed by atoms with Crippen molar-refractivity contribution in [2.45, 2.75) is 130 Å². The molecule has 15 heteroatoms. The zero-order valence-electron chi connectivity index (χ0n) is 40.7. The molecule has 0 saturated carbocycles. The fourth-order valence-corrected chi connectivity index (χ4v) is 11.4. The van der Waals surface area contributed by atoms with E-state index in [9.17, 15) is 29.1 Å². The van der Waals surface area contributed by atoms with Gasteiger partial charge in [-0.05, 0) is 116 Å². The number of aromatic hydroxyl groups is 1. The van der Waals surface area contributed by atoms with Crippen molar-refractivity contribution in [1.29, 1.82) is 0 Å². The van der Waals surface area contributed by atoms with Crippen LogP contribution in [0, 0.1) is 16.7 Å². The highest BCUT2D eigenvalue weighted by Crippen LogP contribution is 2.44. The lowest BCUT2D eigenvalue weighted by molar-refractivity contribution is -0.155. The van der Waals surface area contributed by atoms with E-state index in [1.54, 1.807) is 21.9 Å². The van der Waals surface area contributed by atoms with Crippen LogP contribution in [0.15, 0.2) is 54.7 Å². The number of fused-ring (bicyclic) bond motifs is 6. The number of aryl methyl sites for hydroxylation is 1. The Morgan fingerprint density at radius 2 is 1.78 bits per heavy atom. The molecule has 6 bridgehead atoms. The molecule has 5 atom stereocenters. The minimum Gasteiger partial charge on any atom is -0.508 e. The molecular weight excluding hydrogens is 861 g/mol. The highest BCUT2D eigenvalue weighted by atomic mass is 16.5. The lowest BCUT2D eigenvalue weighted by Crippen LogP contribution is -2.62. The van der Waals surface area contributed by atoms with Crippen LogP contribution in [0.5, 0.6) is 5.75 Å². The van der Waals surface area contributed by atoms with Crippen molar-refractivity contribution in [2.75, 3.05) is 39.3 Å². The first-order valence-electron chi connectivity index (χ1n) is 24.8. The molecule has 0 unspecified atom stereocenters. The van der Waals surface area contributed by atoms with E-state index in [1.807, 2.05) is 32.2 Å². The summed E-state index contributed by atoms with van der Waals surface area (Å²) in [6.07, 6.45) is 5.31. The van der Waals surface area contributed by atoms with E-state index in [1.165, 1.54) is 5.01 Å². The lowest BCUT2D eigenvalue weighted by Gasteiger charge is -2.40. The van der Waals surface area contributed by atoms with Crippen LogP contribution >= 0.6 is 0 Å². The molecule has 4 amide bonds. The second kappa shape index (κ2) is 18.6. The van der Waals surface area contributed by atoms with Gasteiger partial charge in [0.1, 0.15) is 23.9 Å². The summed E-state index contributed by atoms with van der Waals surface area (Å²) in [7, 11) is 0. The summed E-state index contributed by atoms with van der Waals surface area (Å²) in [5.74, 6) is -1.60. The summed E-state index contributed by atoms with van der Waals surface area (Å²) in [6.45, 7) is 17.5. The fourth-order valence-electron chi connectivity index (χ4n) is 11.4. The molecule has 4 N–H and O–H groups in total. The summed E-state index contributed by atoms with van der Waals surface area (Å²) < 4.78 is 8.48. The first kappa shape index (κ1) is 47.3. The maximum Gasteiger partial charge on any atom is 0.324 e. The molecule has 7 heterocycles. The summed E-state index contributed by atoms with van der Waals surface area (Å²) >= 11 is 0. The van der Waals surface area contributed by atoms with Crippen molar-refractivity contribution in [1.82, 2.24) is 40.4 Å². The van der Waals surface area contributed by atoms with Crippen molar-refractivity contribution in [3.63, 3.8) is 0 Å². The van der Waals surface area contributed by atoms with Crippen LogP contribution in [0.1, 0.15) is 103 Å². The summed E-state index contributed by atoms with van der Waals surface area (Å²) in [6, 6.07) is 12.8. The number of hydrogen-bond donors (Lipinski definition) is 4. The number of pyridine rings is 1. The van der Waals surface area contributed by atoms with Gasteiger partial charge >= 0.3 is 5.97 Å². The van der Waals surface area contributed by atoms with Gasteiger partial charge in [-0.1, -0.05) is 53.7 Å². The number of likely N-dealkylation sites (tertiary alicyclic amines) is 2. The monoisotopic (exact) mass is 929 g/mol. The molecule has 4 fully saturated rings. The fraction of sp³-hybridized carbons (Fsp3) is 0.547. The summed E-state index contributed by atoms with van der Waals surface area (Å²) in [4.78, 5) is 79.6. The minimum atomic E-state index is -1.14. The van der Waals surface area contributed by atoms with E-state index >= 15 is 0 Å². The van der Waals surface area contributed by atoms with E-state index in [-0.39, 0.29) is 48.5 Å². The Kier molecular flexibility index (Phi) is 12.9. The number of esters is 1. The van der Waals surface area contributed by atoms with Crippen LogP contribution in [-0.2, 0) is 48.1 Å². The molecular formula is C53H68N8O7. The Morgan fingerprint density at radius 3 is 2.51 bits per heavy atom. The van der Waals surface area contributed by atoms with E-state index in [0.29, 0.717) is 83.4 Å². The summed E-state index contributed by atoms with van der Waals surface area (Å²) in [5, 5.41) is 20.0. The van der Waals surface area contributed by atoms with Crippen molar-refractivity contribution < 1.29 is 33.8 Å². The Morgan fingerprint density at radius 1 is 0.985 bits per heavy atom. The molecule has 9 rings (SSSR count).